The third kappa shape index (κ3) is 7.05. The van der Waals surface area contributed by atoms with Crippen LogP contribution in [0.2, 0.25) is 5.02 Å². The van der Waals surface area contributed by atoms with Gasteiger partial charge < -0.3 is 28.9 Å². The van der Waals surface area contributed by atoms with Crippen LogP contribution in [0.15, 0.2) is 48.7 Å². The fourth-order valence-electron chi connectivity index (χ4n) is 7.43. The highest BCUT2D eigenvalue weighted by Gasteiger charge is 2.35. The van der Waals surface area contributed by atoms with Crippen molar-refractivity contribution in [3.63, 3.8) is 0 Å². The van der Waals surface area contributed by atoms with Crippen molar-refractivity contribution in [2.75, 3.05) is 49.2 Å². The van der Waals surface area contributed by atoms with Crippen LogP contribution >= 0.6 is 11.6 Å². The SMILES string of the molecule is CCOC(=O)c1cc(N2CCN(C(=O)OCc3ccccc3)C(CC#N)C2)c2c(n1)CN(c1c(Cl)c(C)cc3c1cnn3C1CCCCO1)CC2. The van der Waals surface area contributed by atoms with Gasteiger partial charge in [0.05, 0.1) is 59.8 Å². The monoisotopic (exact) mass is 711 g/mol. The molecule has 5 heterocycles. The smallest absolute Gasteiger partial charge is 0.410 e. The Bertz CT molecular complexity index is 1960. The number of hydrogen-bond donors (Lipinski definition) is 0. The maximum absolute atomic E-state index is 13.2. The van der Waals surface area contributed by atoms with E-state index in [1.165, 1.54) is 0 Å². The zero-order valence-corrected chi connectivity index (χ0v) is 29.8. The Kier molecular flexibility index (Phi) is 10.3. The number of carbonyl (C=O) groups is 2. The van der Waals surface area contributed by atoms with Gasteiger partial charge in [-0.25, -0.2) is 19.3 Å². The number of ether oxygens (including phenoxy) is 3. The summed E-state index contributed by atoms with van der Waals surface area (Å²) in [6, 6.07) is 15.2. The number of fused-ring (bicyclic) bond motifs is 2. The number of hydrogen-bond acceptors (Lipinski definition) is 10. The molecule has 266 valence electrons. The molecule has 4 aromatic rings. The Morgan fingerprint density at radius 2 is 1.94 bits per heavy atom. The highest BCUT2D eigenvalue weighted by atomic mass is 35.5. The van der Waals surface area contributed by atoms with Gasteiger partial charge in [0.1, 0.15) is 6.61 Å². The quantitative estimate of drug-likeness (QED) is 0.185. The van der Waals surface area contributed by atoms with Gasteiger partial charge in [-0.15, -0.1) is 0 Å². The summed E-state index contributed by atoms with van der Waals surface area (Å²) in [4.78, 5) is 37.3. The molecule has 2 fully saturated rings. The molecule has 2 unspecified atom stereocenters. The summed E-state index contributed by atoms with van der Waals surface area (Å²) in [6.45, 7) is 7.22. The first-order valence-electron chi connectivity index (χ1n) is 17.7. The maximum Gasteiger partial charge on any atom is 0.410 e. The van der Waals surface area contributed by atoms with Crippen LogP contribution in [0.3, 0.4) is 0 Å². The van der Waals surface area contributed by atoms with Gasteiger partial charge in [0.15, 0.2) is 11.9 Å². The normalized spacial score (nSPS) is 19.1. The fraction of sp³-hybridized carbons (Fsp3) is 0.447. The number of aromatic nitrogens is 3. The molecule has 13 heteroatoms. The molecule has 0 N–H and O–H groups in total. The molecule has 0 aliphatic carbocycles. The number of rotatable bonds is 8. The van der Waals surface area contributed by atoms with Crippen LogP contribution in [0.1, 0.15) is 71.7 Å². The van der Waals surface area contributed by atoms with Crippen molar-refractivity contribution in [1.29, 1.82) is 5.26 Å². The molecule has 1 amide bonds. The largest absolute Gasteiger partial charge is 0.461 e. The van der Waals surface area contributed by atoms with Gasteiger partial charge in [0.25, 0.3) is 0 Å². The second kappa shape index (κ2) is 15.2. The van der Waals surface area contributed by atoms with Crippen molar-refractivity contribution in [2.45, 2.75) is 71.4 Å². The van der Waals surface area contributed by atoms with Crippen LogP contribution in [0.4, 0.5) is 16.2 Å². The van der Waals surface area contributed by atoms with Crippen LogP contribution in [0, 0.1) is 18.3 Å². The standard InChI is InChI=1S/C38H42ClN7O5/c1-3-49-37(47)30-20-32(43-16-17-45(27(22-43)12-14-40)38(48)51-24-26-9-5-4-6-10-26)28-13-15-44(23-31(28)42-30)36-29-21-41-46(34-11-7-8-18-50-34)33(29)19-25(2)35(36)39/h4-6,9-10,19-21,27,34H,3,7-8,11-13,15-18,22-24H2,1-2H3. The molecule has 3 aliphatic rings. The minimum Gasteiger partial charge on any atom is -0.461 e. The van der Waals surface area contributed by atoms with E-state index in [-0.39, 0.29) is 31.6 Å². The van der Waals surface area contributed by atoms with E-state index in [4.69, 9.17) is 35.9 Å². The van der Waals surface area contributed by atoms with E-state index in [2.05, 4.69) is 21.9 Å². The van der Waals surface area contributed by atoms with Gasteiger partial charge in [0.2, 0.25) is 0 Å². The topological polar surface area (TPSA) is 126 Å². The van der Waals surface area contributed by atoms with Crippen LogP contribution in [0.5, 0.6) is 0 Å². The first-order chi connectivity index (χ1) is 24.9. The number of amides is 1. The number of aryl methyl sites for hydroxylation is 1. The van der Waals surface area contributed by atoms with Crippen LogP contribution in [-0.4, -0.2) is 77.2 Å². The van der Waals surface area contributed by atoms with Gasteiger partial charge in [-0.3, -0.25) is 0 Å². The average Bonchev–Trinajstić information content (AvgIpc) is 3.57. The molecule has 0 radical (unpaired) electrons. The Labute approximate surface area is 302 Å². The molecule has 0 spiro atoms. The third-order valence-corrected chi connectivity index (χ3v) is 10.5. The molecule has 2 aromatic carbocycles. The van der Waals surface area contributed by atoms with Crippen LogP contribution in [-0.2, 0) is 33.8 Å². The Morgan fingerprint density at radius 3 is 2.71 bits per heavy atom. The first kappa shape index (κ1) is 34.6. The van der Waals surface area contributed by atoms with Crippen molar-refractivity contribution >= 4 is 45.9 Å². The van der Waals surface area contributed by atoms with Crippen LogP contribution in [0.25, 0.3) is 10.9 Å². The number of esters is 1. The summed E-state index contributed by atoms with van der Waals surface area (Å²) in [5, 5.41) is 16.1. The molecule has 12 nitrogen and oxygen atoms in total. The van der Waals surface area contributed by atoms with Crippen molar-refractivity contribution < 1.29 is 23.8 Å². The zero-order valence-electron chi connectivity index (χ0n) is 29.0. The van der Waals surface area contributed by atoms with E-state index in [9.17, 15) is 14.9 Å². The van der Waals surface area contributed by atoms with Crippen molar-refractivity contribution in [2.24, 2.45) is 0 Å². The molecule has 0 saturated carbocycles. The van der Waals surface area contributed by atoms with E-state index in [1.54, 1.807) is 17.9 Å². The lowest BCUT2D eigenvalue weighted by molar-refractivity contribution is -0.0366. The lowest BCUT2D eigenvalue weighted by Gasteiger charge is -2.42. The summed E-state index contributed by atoms with van der Waals surface area (Å²) in [7, 11) is 0. The number of pyridine rings is 1. The number of nitrogens with zero attached hydrogens (tertiary/aromatic N) is 7. The first-order valence-corrected chi connectivity index (χ1v) is 18.1. The minimum atomic E-state index is -0.500. The Balaban J connectivity index is 1.18. The molecule has 2 aromatic heterocycles. The zero-order chi connectivity index (χ0) is 35.5. The summed E-state index contributed by atoms with van der Waals surface area (Å²) in [5.74, 6) is -0.500. The number of benzene rings is 2. The van der Waals surface area contributed by atoms with Gasteiger partial charge in [-0.2, -0.15) is 10.4 Å². The van der Waals surface area contributed by atoms with Gasteiger partial charge in [-0.1, -0.05) is 41.9 Å². The Morgan fingerprint density at radius 1 is 1.10 bits per heavy atom. The minimum absolute atomic E-state index is 0.112. The number of nitriles is 1. The molecular formula is C38H42ClN7O5. The Hall–Kier alpha value is -4.86. The lowest BCUT2D eigenvalue weighted by Crippen LogP contribution is -2.55. The van der Waals surface area contributed by atoms with Crippen LogP contribution < -0.4 is 9.80 Å². The number of carbonyl (C=O) groups excluding carboxylic acids is 2. The van der Waals surface area contributed by atoms with E-state index < -0.39 is 18.1 Å². The van der Waals surface area contributed by atoms with E-state index >= 15 is 0 Å². The van der Waals surface area contributed by atoms with Crippen molar-refractivity contribution in [3.8, 4) is 6.07 Å². The van der Waals surface area contributed by atoms with Gasteiger partial charge in [-0.05, 0) is 62.8 Å². The molecule has 2 atom stereocenters. The second-order valence-corrected chi connectivity index (χ2v) is 13.6. The number of piperazine rings is 1. The van der Waals surface area contributed by atoms with Crippen molar-refractivity contribution in [3.05, 3.63) is 81.8 Å². The van der Waals surface area contributed by atoms with Crippen molar-refractivity contribution in [1.82, 2.24) is 19.7 Å². The van der Waals surface area contributed by atoms with E-state index in [1.807, 2.05) is 48.1 Å². The summed E-state index contributed by atoms with van der Waals surface area (Å²) in [5.41, 5.74) is 6.58. The van der Waals surface area contributed by atoms with E-state index in [0.29, 0.717) is 44.2 Å². The molecule has 2 saturated heterocycles. The second-order valence-electron chi connectivity index (χ2n) is 13.2. The predicted molar refractivity (Wildman–Crippen MR) is 193 cm³/mol. The molecular weight excluding hydrogens is 670 g/mol. The average molecular weight is 712 g/mol. The van der Waals surface area contributed by atoms with Gasteiger partial charge in [0, 0.05) is 49.4 Å². The highest BCUT2D eigenvalue weighted by Crippen LogP contribution is 2.41. The molecule has 51 heavy (non-hydrogen) atoms. The third-order valence-electron chi connectivity index (χ3n) is 9.97. The maximum atomic E-state index is 13.2. The summed E-state index contributed by atoms with van der Waals surface area (Å²) >= 11 is 7.06. The molecule has 7 rings (SSSR count). The summed E-state index contributed by atoms with van der Waals surface area (Å²) < 4.78 is 19.1. The molecule has 0 bridgehead atoms. The number of anilines is 2. The number of halogens is 1. The lowest BCUT2D eigenvalue weighted by atomic mass is 9.98. The fourth-order valence-corrected chi connectivity index (χ4v) is 7.70. The molecule has 3 aliphatic heterocycles. The summed E-state index contributed by atoms with van der Waals surface area (Å²) in [6.07, 6.45) is 5.16. The predicted octanol–water partition coefficient (Wildman–Crippen LogP) is 6.57. The van der Waals surface area contributed by atoms with Gasteiger partial charge >= 0.3 is 12.1 Å². The van der Waals surface area contributed by atoms with E-state index in [0.717, 1.165) is 70.5 Å². The highest BCUT2D eigenvalue weighted by molar-refractivity contribution is 6.35.